The molecule has 1 heterocycles. The zero-order valence-electron chi connectivity index (χ0n) is 16.6. The van der Waals surface area contributed by atoms with Crippen LogP contribution in [0, 0.1) is 17.5 Å². The highest BCUT2D eigenvalue weighted by Gasteiger charge is 2.29. The van der Waals surface area contributed by atoms with E-state index in [2.05, 4.69) is 15.3 Å². The van der Waals surface area contributed by atoms with Gasteiger partial charge in [-0.25, -0.2) is 31.6 Å². The number of benzene rings is 2. The van der Waals surface area contributed by atoms with E-state index in [-0.39, 0.29) is 23.0 Å². The molecular formula is C21H20F3N3O2S. The molecule has 0 bridgehead atoms. The minimum atomic E-state index is -3.38. The molecule has 9 heteroatoms. The molecule has 5 nitrogen and oxygen atoms in total. The van der Waals surface area contributed by atoms with E-state index in [1.54, 1.807) is 45.0 Å². The van der Waals surface area contributed by atoms with Gasteiger partial charge in [-0.3, -0.25) is 0 Å². The summed E-state index contributed by atoms with van der Waals surface area (Å²) < 4.78 is 65.3. The molecule has 0 unspecified atom stereocenters. The third-order valence-electron chi connectivity index (χ3n) is 4.40. The Balaban J connectivity index is 1.89. The van der Waals surface area contributed by atoms with Gasteiger partial charge in [0.2, 0.25) is 5.95 Å². The molecule has 3 rings (SSSR count). The van der Waals surface area contributed by atoms with Crippen LogP contribution in [-0.2, 0) is 15.6 Å². The molecule has 158 valence electrons. The fourth-order valence-electron chi connectivity index (χ4n) is 2.60. The second-order valence-electron chi connectivity index (χ2n) is 7.71. The topological polar surface area (TPSA) is 72.0 Å². The van der Waals surface area contributed by atoms with Crippen LogP contribution >= 0.6 is 0 Å². The normalized spacial score (nSPS) is 12.1. The predicted molar refractivity (Wildman–Crippen MR) is 109 cm³/mol. The Hall–Kier alpha value is -2.94. The van der Waals surface area contributed by atoms with Gasteiger partial charge in [-0.1, -0.05) is 12.1 Å². The average Bonchev–Trinajstić information content (AvgIpc) is 2.63. The molecule has 0 radical (unpaired) electrons. The fourth-order valence-corrected chi connectivity index (χ4v) is 3.65. The lowest BCUT2D eigenvalue weighted by molar-refractivity contribution is 0.559. The summed E-state index contributed by atoms with van der Waals surface area (Å²) in [5.41, 5.74) is 0.511. The van der Waals surface area contributed by atoms with E-state index in [4.69, 9.17) is 0 Å². The monoisotopic (exact) mass is 435 g/mol. The van der Waals surface area contributed by atoms with Gasteiger partial charge in [-0.15, -0.1) is 0 Å². The van der Waals surface area contributed by atoms with Crippen molar-refractivity contribution in [3.05, 3.63) is 71.7 Å². The van der Waals surface area contributed by atoms with Gasteiger partial charge in [0.1, 0.15) is 17.3 Å². The van der Waals surface area contributed by atoms with Gasteiger partial charge >= 0.3 is 0 Å². The Morgan fingerprint density at radius 2 is 1.73 bits per heavy atom. The van der Waals surface area contributed by atoms with E-state index in [0.29, 0.717) is 17.3 Å². The third kappa shape index (κ3) is 4.79. The fraction of sp³-hybridized carbons (Fsp3) is 0.238. The molecule has 0 aliphatic rings. The Bertz CT molecular complexity index is 1190. The van der Waals surface area contributed by atoms with E-state index in [1.807, 2.05) is 0 Å². The molecule has 0 saturated heterocycles. The number of rotatable bonds is 5. The number of hydrogen-bond acceptors (Lipinski definition) is 5. The first-order valence-corrected chi connectivity index (χ1v) is 10.7. The van der Waals surface area contributed by atoms with Gasteiger partial charge in [0.15, 0.2) is 15.7 Å². The summed E-state index contributed by atoms with van der Waals surface area (Å²) in [5, 5.41) is 2.86. The first kappa shape index (κ1) is 21.8. The minimum absolute atomic E-state index is 0.0223. The van der Waals surface area contributed by atoms with Crippen LogP contribution in [0.2, 0.25) is 0 Å². The average molecular weight is 435 g/mol. The van der Waals surface area contributed by atoms with Crippen molar-refractivity contribution in [2.45, 2.75) is 31.3 Å². The van der Waals surface area contributed by atoms with Crippen molar-refractivity contribution in [2.24, 2.45) is 0 Å². The zero-order valence-corrected chi connectivity index (χ0v) is 17.4. The van der Waals surface area contributed by atoms with Crippen LogP contribution in [0.25, 0.3) is 11.3 Å². The van der Waals surface area contributed by atoms with Gasteiger partial charge in [0.25, 0.3) is 0 Å². The summed E-state index contributed by atoms with van der Waals surface area (Å²) in [6, 6.07) is 9.37. The molecule has 0 aliphatic carbocycles. The summed E-state index contributed by atoms with van der Waals surface area (Å²) >= 11 is 0. The lowest BCUT2D eigenvalue weighted by atomic mass is 10.1. The summed E-state index contributed by atoms with van der Waals surface area (Å²) in [6.07, 6.45) is 0.876. The van der Waals surface area contributed by atoms with Crippen LogP contribution in [0.1, 0.15) is 26.3 Å². The molecule has 0 amide bonds. The van der Waals surface area contributed by atoms with E-state index in [9.17, 15) is 21.6 Å². The molecule has 1 N–H and O–H groups in total. The van der Waals surface area contributed by atoms with E-state index < -0.39 is 32.0 Å². The molecule has 3 aromatic rings. The van der Waals surface area contributed by atoms with Gasteiger partial charge in [-0.05, 0) is 50.6 Å². The number of sulfone groups is 1. The van der Waals surface area contributed by atoms with Crippen molar-refractivity contribution >= 4 is 21.5 Å². The van der Waals surface area contributed by atoms with Crippen molar-refractivity contribution in [2.75, 3.05) is 5.32 Å². The molecule has 30 heavy (non-hydrogen) atoms. The van der Waals surface area contributed by atoms with Crippen LogP contribution < -0.4 is 5.32 Å². The summed E-state index contributed by atoms with van der Waals surface area (Å²) in [7, 11) is -3.38. The van der Waals surface area contributed by atoms with Crippen molar-refractivity contribution in [1.29, 1.82) is 0 Å². The number of aromatic nitrogens is 2. The van der Waals surface area contributed by atoms with Gasteiger partial charge in [-0.2, -0.15) is 0 Å². The highest BCUT2D eigenvalue weighted by molar-refractivity contribution is 7.91. The first-order valence-electron chi connectivity index (χ1n) is 9.02. The molecular weight excluding hydrogens is 415 g/mol. The standard InChI is InChI=1S/C21H20F3N3O2S/c1-21(2,3)30(28,29)12-13-5-4-6-15(9-13)26-20-25-11-18(24)19(27-20)16-8-7-14(22)10-17(16)23/h4-11H,12H2,1-3H3,(H,25,26,27). The first-order chi connectivity index (χ1) is 14.0. The minimum Gasteiger partial charge on any atom is -0.324 e. The third-order valence-corrected chi connectivity index (χ3v) is 6.98. The largest absolute Gasteiger partial charge is 0.324 e. The quantitative estimate of drug-likeness (QED) is 0.609. The number of anilines is 2. The van der Waals surface area contributed by atoms with Gasteiger partial charge < -0.3 is 5.32 Å². The number of nitrogens with one attached hydrogen (secondary N) is 1. The molecule has 0 fully saturated rings. The van der Waals surface area contributed by atoms with E-state index >= 15 is 0 Å². The summed E-state index contributed by atoms with van der Waals surface area (Å²) in [5.74, 6) is -2.77. The Kier molecular flexibility index (Phi) is 5.85. The maximum atomic E-state index is 14.2. The molecule has 2 aromatic carbocycles. The summed E-state index contributed by atoms with van der Waals surface area (Å²) in [4.78, 5) is 7.83. The zero-order chi connectivity index (χ0) is 22.1. The van der Waals surface area contributed by atoms with E-state index in [1.165, 1.54) is 0 Å². The van der Waals surface area contributed by atoms with Crippen LogP contribution in [0.3, 0.4) is 0 Å². The highest BCUT2D eigenvalue weighted by Crippen LogP contribution is 2.26. The maximum absolute atomic E-state index is 14.2. The van der Waals surface area contributed by atoms with Crippen molar-refractivity contribution < 1.29 is 21.6 Å². The van der Waals surface area contributed by atoms with Gasteiger partial charge in [0, 0.05) is 17.3 Å². The van der Waals surface area contributed by atoms with Crippen LogP contribution in [0.4, 0.5) is 24.8 Å². The van der Waals surface area contributed by atoms with Crippen LogP contribution in [-0.4, -0.2) is 23.1 Å². The Morgan fingerprint density at radius 1 is 1.00 bits per heavy atom. The van der Waals surface area contributed by atoms with Crippen molar-refractivity contribution in [3.63, 3.8) is 0 Å². The second-order valence-corrected chi connectivity index (χ2v) is 10.5. The van der Waals surface area contributed by atoms with Crippen LogP contribution in [0.5, 0.6) is 0 Å². The smallest absolute Gasteiger partial charge is 0.227 e. The predicted octanol–water partition coefficient (Wildman–Crippen LogP) is 5.02. The molecule has 1 aromatic heterocycles. The lowest BCUT2D eigenvalue weighted by Gasteiger charge is -2.19. The van der Waals surface area contributed by atoms with Crippen molar-refractivity contribution in [1.82, 2.24) is 9.97 Å². The van der Waals surface area contributed by atoms with Gasteiger partial charge in [0.05, 0.1) is 16.7 Å². The SMILES string of the molecule is CC(C)(C)S(=O)(=O)Cc1cccc(Nc2ncc(F)c(-c3ccc(F)cc3F)n2)c1. The number of nitrogens with zero attached hydrogens (tertiary/aromatic N) is 2. The molecule has 0 atom stereocenters. The van der Waals surface area contributed by atoms with E-state index in [0.717, 1.165) is 18.3 Å². The highest BCUT2D eigenvalue weighted by atomic mass is 32.2. The Morgan fingerprint density at radius 3 is 2.40 bits per heavy atom. The number of halogens is 3. The molecule has 0 spiro atoms. The van der Waals surface area contributed by atoms with Crippen LogP contribution in [0.15, 0.2) is 48.7 Å². The maximum Gasteiger partial charge on any atom is 0.227 e. The second kappa shape index (κ2) is 8.06. The Labute approximate surface area is 172 Å². The molecule has 0 saturated carbocycles. The lowest BCUT2D eigenvalue weighted by Crippen LogP contribution is -2.29. The number of hydrogen-bond donors (Lipinski definition) is 1. The molecule has 0 aliphatic heterocycles. The summed E-state index contributed by atoms with van der Waals surface area (Å²) in [6.45, 7) is 4.90. The van der Waals surface area contributed by atoms with Crippen molar-refractivity contribution in [3.8, 4) is 11.3 Å².